The van der Waals surface area contributed by atoms with E-state index in [1.54, 1.807) is 0 Å². The molecule has 3 nitrogen and oxygen atoms in total. The van der Waals surface area contributed by atoms with Crippen LogP contribution >= 0.6 is 0 Å². The van der Waals surface area contributed by atoms with Gasteiger partial charge in [0.2, 0.25) is 0 Å². The molecule has 16 heavy (non-hydrogen) atoms. The Labute approximate surface area is 99.5 Å². The van der Waals surface area contributed by atoms with Crippen molar-refractivity contribution in [2.45, 2.75) is 64.7 Å². The van der Waals surface area contributed by atoms with E-state index < -0.39 is 0 Å². The largest absolute Gasteiger partial charge is 0.393 e. The highest BCUT2D eigenvalue weighted by atomic mass is 16.3. The standard InChI is InChI=1S/C13H27NO2/c1-10(15)13(2,3)9-14(4)11-7-5-6-8-12(11)16/h10-12,15-16H,5-9H2,1-4H3. The van der Waals surface area contributed by atoms with Crippen LogP contribution in [0.1, 0.15) is 46.5 Å². The topological polar surface area (TPSA) is 43.7 Å². The molecular formula is C13H27NO2. The Bertz CT molecular complexity index is 216. The molecule has 0 spiro atoms. The van der Waals surface area contributed by atoms with Crippen LogP contribution in [0.3, 0.4) is 0 Å². The summed E-state index contributed by atoms with van der Waals surface area (Å²) in [5.41, 5.74) is -0.119. The lowest BCUT2D eigenvalue weighted by atomic mass is 9.85. The number of nitrogens with zero attached hydrogens (tertiary/aromatic N) is 1. The highest BCUT2D eigenvalue weighted by molar-refractivity contribution is 4.86. The number of likely N-dealkylation sites (N-methyl/N-ethyl adjacent to an activating group) is 1. The maximum atomic E-state index is 9.97. The van der Waals surface area contributed by atoms with E-state index in [-0.39, 0.29) is 23.7 Å². The molecule has 0 aromatic heterocycles. The molecule has 3 unspecified atom stereocenters. The Hall–Kier alpha value is -0.120. The molecule has 3 heteroatoms. The Morgan fingerprint density at radius 2 is 1.88 bits per heavy atom. The van der Waals surface area contributed by atoms with Crippen LogP contribution in [0.2, 0.25) is 0 Å². The van der Waals surface area contributed by atoms with Crippen LogP contribution in [-0.4, -0.2) is 47.0 Å². The summed E-state index contributed by atoms with van der Waals surface area (Å²) in [5.74, 6) is 0. The quantitative estimate of drug-likeness (QED) is 0.770. The van der Waals surface area contributed by atoms with Crippen molar-refractivity contribution in [1.82, 2.24) is 4.90 Å². The van der Waals surface area contributed by atoms with E-state index in [9.17, 15) is 10.2 Å². The highest BCUT2D eigenvalue weighted by Crippen LogP contribution is 2.27. The molecule has 0 radical (unpaired) electrons. The van der Waals surface area contributed by atoms with Crippen molar-refractivity contribution in [3.63, 3.8) is 0 Å². The molecule has 96 valence electrons. The first-order valence-electron chi connectivity index (χ1n) is 6.41. The van der Waals surface area contributed by atoms with Crippen LogP contribution in [0, 0.1) is 5.41 Å². The zero-order valence-corrected chi connectivity index (χ0v) is 11.1. The van der Waals surface area contributed by atoms with Crippen LogP contribution in [0.15, 0.2) is 0 Å². The zero-order chi connectivity index (χ0) is 12.3. The second kappa shape index (κ2) is 5.48. The number of hydrogen-bond donors (Lipinski definition) is 2. The van der Waals surface area contributed by atoms with Gasteiger partial charge in [-0.05, 0) is 26.8 Å². The van der Waals surface area contributed by atoms with Gasteiger partial charge in [-0.1, -0.05) is 26.7 Å². The van der Waals surface area contributed by atoms with Crippen molar-refractivity contribution in [2.24, 2.45) is 5.41 Å². The van der Waals surface area contributed by atoms with Crippen molar-refractivity contribution in [2.75, 3.05) is 13.6 Å². The summed E-state index contributed by atoms with van der Waals surface area (Å²) in [6.07, 6.45) is 3.84. The summed E-state index contributed by atoms with van der Waals surface area (Å²) in [6.45, 7) is 6.81. The molecule has 0 heterocycles. The van der Waals surface area contributed by atoms with Crippen molar-refractivity contribution >= 4 is 0 Å². The lowest BCUT2D eigenvalue weighted by Gasteiger charge is -2.40. The van der Waals surface area contributed by atoms with E-state index in [2.05, 4.69) is 25.8 Å². The summed E-state index contributed by atoms with van der Waals surface area (Å²) in [6, 6.07) is 0.270. The molecule has 1 saturated carbocycles. The van der Waals surface area contributed by atoms with Gasteiger partial charge in [0.05, 0.1) is 12.2 Å². The van der Waals surface area contributed by atoms with Crippen LogP contribution in [0.5, 0.6) is 0 Å². The Balaban J connectivity index is 2.53. The first kappa shape index (κ1) is 13.9. The molecule has 0 saturated heterocycles. The summed E-state index contributed by atoms with van der Waals surface area (Å²) < 4.78 is 0. The molecular weight excluding hydrogens is 202 g/mol. The second-order valence-corrected chi connectivity index (χ2v) is 6.00. The van der Waals surface area contributed by atoms with Crippen LogP contribution in [0.4, 0.5) is 0 Å². The number of rotatable bonds is 4. The fourth-order valence-electron chi connectivity index (χ4n) is 2.50. The fourth-order valence-corrected chi connectivity index (χ4v) is 2.50. The summed E-state index contributed by atoms with van der Waals surface area (Å²) in [7, 11) is 2.06. The molecule has 2 N–H and O–H groups in total. The molecule has 0 aliphatic heterocycles. The molecule has 0 bridgehead atoms. The van der Waals surface area contributed by atoms with Gasteiger partial charge < -0.3 is 15.1 Å². The van der Waals surface area contributed by atoms with E-state index in [0.717, 1.165) is 25.8 Å². The first-order valence-corrected chi connectivity index (χ1v) is 6.41. The Morgan fingerprint density at radius 1 is 1.31 bits per heavy atom. The lowest BCUT2D eigenvalue weighted by molar-refractivity contribution is -0.0125. The summed E-state index contributed by atoms with van der Waals surface area (Å²) in [4.78, 5) is 2.22. The summed E-state index contributed by atoms with van der Waals surface area (Å²) >= 11 is 0. The summed E-state index contributed by atoms with van der Waals surface area (Å²) in [5, 5.41) is 19.7. The fraction of sp³-hybridized carbons (Fsp3) is 1.00. The molecule has 0 aromatic rings. The molecule has 1 aliphatic carbocycles. The average molecular weight is 229 g/mol. The van der Waals surface area contributed by atoms with Crippen LogP contribution < -0.4 is 0 Å². The number of hydrogen-bond acceptors (Lipinski definition) is 3. The third-order valence-corrected chi connectivity index (χ3v) is 4.05. The predicted octanol–water partition coefficient (Wildman–Crippen LogP) is 1.63. The molecule has 0 aromatic carbocycles. The minimum Gasteiger partial charge on any atom is -0.393 e. The van der Waals surface area contributed by atoms with Gasteiger partial charge in [0.15, 0.2) is 0 Å². The third-order valence-electron chi connectivity index (χ3n) is 4.05. The van der Waals surface area contributed by atoms with Crippen molar-refractivity contribution in [1.29, 1.82) is 0 Å². The maximum Gasteiger partial charge on any atom is 0.0695 e. The van der Waals surface area contributed by atoms with Gasteiger partial charge in [0.1, 0.15) is 0 Å². The van der Waals surface area contributed by atoms with Crippen LogP contribution in [0.25, 0.3) is 0 Å². The Kier molecular flexibility index (Phi) is 4.77. The first-order chi connectivity index (χ1) is 7.34. The number of aliphatic hydroxyl groups excluding tert-OH is 2. The van der Waals surface area contributed by atoms with Gasteiger partial charge in [0.25, 0.3) is 0 Å². The molecule has 0 amide bonds. The van der Waals surface area contributed by atoms with Gasteiger partial charge in [0, 0.05) is 18.0 Å². The molecule has 1 aliphatic rings. The SMILES string of the molecule is CC(O)C(C)(C)CN(C)C1CCCCC1O. The smallest absolute Gasteiger partial charge is 0.0695 e. The van der Waals surface area contributed by atoms with Crippen molar-refractivity contribution < 1.29 is 10.2 Å². The van der Waals surface area contributed by atoms with E-state index in [4.69, 9.17) is 0 Å². The minimum atomic E-state index is -0.323. The van der Waals surface area contributed by atoms with E-state index in [0.29, 0.717) is 0 Å². The van der Waals surface area contributed by atoms with Crippen LogP contribution in [-0.2, 0) is 0 Å². The van der Waals surface area contributed by atoms with Gasteiger partial charge in [-0.15, -0.1) is 0 Å². The monoisotopic (exact) mass is 229 g/mol. The lowest BCUT2D eigenvalue weighted by Crippen LogP contribution is -2.48. The van der Waals surface area contributed by atoms with E-state index in [1.807, 2.05) is 6.92 Å². The van der Waals surface area contributed by atoms with E-state index in [1.165, 1.54) is 6.42 Å². The zero-order valence-electron chi connectivity index (χ0n) is 11.1. The normalized spacial score (nSPS) is 29.4. The highest BCUT2D eigenvalue weighted by Gasteiger charge is 2.32. The van der Waals surface area contributed by atoms with Gasteiger partial charge in [-0.2, -0.15) is 0 Å². The second-order valence-electron chi connectivity index (χ2n) is 6.00. The van der Waals surface area contributed by atoms with E-state index >= 15 is 0 Å². The maximum absolute atomic E-state index is 9.97. The molecule has 1 fully saturated rings. The van der Waals surface area contributed by atoms with Gasteiger partial charge in [-0.3, -0.25) is 0 Å². The minimum absolute atomic E-state index is 0.119. The average Bonchev–Trinajstić information content (AvgIpc) is 2.17. The molecule has 3 atom stereocenters. The van der Waals surface area contributed by atoms with Gasteiger partial charge in [-0.25, -0.2) is 0 Å². The Morgan fingerprint density at radius 3 is 2.38 bits per heavy atom. The third kappa shape index (κ3) is 3.44. The number of aliphatic hydroxyl groups is 2. The van der Waals surface area contributed by atoms with Crippen molar-refractivity contribution in [3.05, 3.63) is 0 Å². The van der Waals surface area contributed by atoms with Crippen molar-refractivity contribution in [3.8, 4) is 0 Å². The molecule has 1 rings (SSSR count). The predicted molar refractivity (Wildman–Crippen MR) is 66.4 cm³/mol. The van der Waals surface area contributed by atoms with Gasteiger partial charge >= 0.3 is 0 Å².